The maximum Gasteiger partial charge on any atom is 0.337 e. The van der Waals surface area contributed by atoms with Crippen LogP contribution in [0.2, 0.25) is 0 Å². The molecule has 1 aromatic rings. The zero-order valence-electron chi connectivity index (χ0n) is 7.79. The number of nitrogens with zero attached hydrogens (tertiary/aromatic N) is 1. The molecule has 2 N–H and O–H groups in total. The van der Waals surface area contributed by atoms with Gasteiger partial charge in [-0.05, 0) is 30.9 Å². The molecule has 74 valence electrons. The van der Waals surface area contributed by atoms with Gasteiger partial charge in [-0.2, -0.15) is 0 Å². The number of nitrogens with one attached hydrogen (secondary N) is 1. The van der Waals surface area contributed by atoms with Crippen molar-refractivity contribution < 1.29 is 9.90 Å². The first-order valence-corrected chi connectivity index (χ1v) is 4.73. The molecule has 0 bridgehead atoms. The summed E-state index contributed by atoms with van der Waals surface area (Å²) in [6.45, 7) is 0.923. The van der Waals surface area contributed by atoms with Crippen LogP contribution in [0, 0.1) is 0 Å². The van der Waals surface area contributed by atoms with Crippen LogP contribution in [0.4, 0.5) is 5.82 Å². The first kappa shape index (κ1) is 8.99. The number of aryl methyl sites for hydroxylation is 1. The van der Waals surface area contributed by atoms with Gasteiger partial charge < -0.3 is 10.4 Å². The van der Waals surface area contributed by atoms with E-state index < -0.39 is 5.97 Å². The predicted octanol–water partition coefficient (Wildman–Crippen LogP) is 1.53. The third-order valence-corrected chi connectivity index (χ3v) is 2.38. The van der Waals surface area contributed by atoms with E-state index in [0.717, 1.165) is 37.2 Å². The Morgan fingerprint density at radius 1 is 1.50 bits per heavy atom. The third kappa shape index (κ3) is 1.69. The Bertz CT molecular complexity index is 363. The molecule has 0 saturated carbocycles. The van der Waals surface area contributed by atoms with Gasteiger partial charge in [-0.3, -0.25) is 0 Å². The number of aromatic nitrogens is 1. The quantitative estimate of drug-likeness (QED) is 0.708. The lowest BCUT2D eigenvalue weighted by molar-refractivity contribution is 0.0696. The minimum atomic E-state index is -0.912. The smallest absolute Gasteiger partial charge is 0.337 e. The summed E-state index contributed by atoms with van der Waals surface area (Å²) in [5.74, 6) is -0.0722. The van der Waals surface area contributed by atoms with Gasteiger partial charge in [0, 0.05) is 12.7 Å². The summed E-state index contributed by atoms with van der Waals surface area (Å²) in [6, 6.07) is 1.71. The van der Waals surface area contributed by atoms with E-state index in [4.69, 9.17) is 5.11 Å². The number of rotatable bonds is 1. The van der Waals surface area contributed by atoms with Crippen LogP contribution in [-0.4, -0.2) is 22.6 Å². The highest BCUT2D eigenvalue weighted by molar-refractivity contribution is 5.87. The summed E-state index contributed by atoms with van der Waals surface area (Å²) in [5.41, 5.74) is 1.29. The molecule has 1 aromatic heterocycles. The molecule has 0 aliphatic carbocycles. The Labute approximate surface area is 82.0 Å². The van der Waals surface area contributed by atoms with Crippen molar-refractivity contribution in [2.24, 2.45) is 0 Å². The predicted molar refractivity (Wildman–Crippen MR) is 52.6 cm³/mol. The molecule has 1 aliphatic heterocycles. The molecule has 0 radical (unpaired) electrons. The minimum Gasteiger partial charge on any atom is -0.478 e. The van der Waals surface area contributed by atoms with E-state index in [1.54, 1.807) is 6.07 Å². The molecule has 4 nitrogen and oxygen atoms in total. The third-order valence-electron chi connectivity index (χ3n) is 2.38. The minimum absolute atomic E-state index is 0.271. The Hall–Kier alpha value is -1.58. The van der Waals surface area contributed by atoms with Gasteiger partial charge in [-0.15, -0.1) is 0 Å². The van der Waals surface area contributed by atoms with E-state index in [1.807, 2.05) is 0 Å². The molecule has 0 aromatic carbocycles. The topological polar surface area (TPSA) is 62.2 Å². The van der Waals surface area contributed by atoms with E-state index in [0.29, 0.717) is 0 Å². The number of anilines is 1. The van der Waals surface area contributed by atoms with E-state index in [2.05, 4.69) is 10.3 Å². The molecule has 0 saturated heterocycles. The fourth-order valence-electron chi connectivity index (χ4n) is 1.62. The average molecular weight is 192 g/mol. The number of hydrogen-bond donors (Lipinski definition) is 2. The van der Waals surface area contributed by atoms with Crippen LogP contribution >= 0.6 is 0 Å². The van der Waals surface area contributed by atoms with Gasteiger partial charge in [-0.1, -0.05) is 0 Å². The molecule has 2 heterocycles. The maximum absolute atomic E-state index is 10.7. The number of aromatic carboxylic acids is 1. The highest BCUT2D eigenvalue weighted by Gasteiger charge is 2.11. The summed E-state index contributed by atoms with van der Waals surface area (Å²) in [4.78, 5) is 14.8. The van der Waals surface area contributed by atoms with Crippen LogP contribution in [0.15, 0.2) is 12.3 Å². The van der Waals surface area contributed by atoms with Crippen LogP contribution in [0.3, 0.4) is 0 Å². The number of fused-ring (bicyclic) bond motifs is 1. The van der Waals surface area contributed by atoms with Crippen LogP contribution < -0.4 is 5.32 Å². The van der Waals surface area contributed by atoms with Crippen molar-refractivity contribution in [2.75, 3.05) is 11.9 Å². The summed E-state index contributed by atoms with van der Waals surface area (Å²) in [5, 5.41) is 12.0. The zero-order valence-corrected chi connectivity index (χ0v) is 7.79. The highest BCUT2D eigenvalue weighted by Crippen LogP contribution is 2.19. The molecule has 0 spiro atoms. The number of carboxylic acid groups (broad SMARTS) is 1. The molecule has 0 amide bonds. The monoisotopic (exact) mass is 192 g/mol. The summed E-state index contributed by atoms with van der Waals surface area (Å²) in [7, 11) is 0. The lowest BCUT2D eigenvalue weighted by Crippen LogP contribution is -2.04. The first-order valence-electron chi connectivity index (χ1n) is 4.73. The largest absolute Gasteiger partial charge is 0.478 e. The standard InChI is InChI=1S/C10H12N2O2/c13-10(14)8-5-7-3-1-2-4-11-9(7)12-6-8/h5-6H,1-4H2,(H,11,12)(H,13,14). The number of pyridine rings is 1. The van der Waals surface area contributed by atoms with E-state index in [1.165, 1.54) is 6.20 Å². The van der Waals surface area contributed by atoms with E-state index >= 15 is 0 Å². The number of carbonyl (C=O) groups is 1. The van der Waals surface area contributed by atoms with Crippen molar-refractivity contribution >= 4 is 11.8 Å². The van der Waals surface area contributed by atoms with E-state index in [-0.39, 0.29) is 5.56 Å². The second-order valence-electron chi connectivity index (χ2n) is 3.42. The van der Waals surface area contributed by atoms with Crippen LogP contribution in [0.25, 0.3) is 0 Å². The van der Waals surface area contributed by atoms with Crippen molar-refractivity contribution in [3.8, 4) is 0 Å². The SMILES string of the molecule is O=C(O)c1cnc2c(c1)CCCCN2. The molecule has 4 heteroatoms. The van der Waals surface area contributed by atoms with Crippen molar-refractivity contribution in [1.29, 1.82) is 0 Å². The lowest BCUT2D eigenvalue weighted by atomic mass is 10.1. The number of carboxylic acids is 1. The van der Waals surface area contributed by atoms with Gasteiger partial charge >= 0.3 is 5.97 Å². The van der Waals surface area contributed by atoms with Crippen LogP contribution in [0.1, 0.15) is 28.8 Å². The Morgan fingerprint density at radius 3 is 3.14 bits per heavy atom. The molecule has 0 unspecified atom stereocenters. The molecule has 14 heavy (non-hydrogen) atoms. The molecular weight excluding hydrogens is 180 g/mol. The molecule has 1 aliphatic rings. The maximum atomic E-state index is 10.7. The van der Waals surface area contributed by atoms with Crippen molar-refractivity contribution in [3.05, 3.63) is 23.4 Å². The van der Waals surface area contributed by atoms with Crippen molar-refractivity contribution in [3.63, 3.8) is 0 Å². The van der Waals surface area contributed by atoms with Gasteiger partial charge in [-0.25, -0.2) is 9.78 Å². The highest BCUT2D eigenvalue weighted by atomic mass is 16.4. The van der Waals surface area contributed by atoms with Crippen molar-refractivity contribution in [2.45, 2.75) is 19.3 Å². The summed E-state index contributed by atoms with van der Waals surface area (Å²) >= 11 is 0. The second kappa shape index (κ2) is 3.65. The average Bonchev–Trinajstić information content (AvgIpc) is 2.41. The fraction of sp³-hybridized carbons (Fsp3) is 0.400. The fourth-order valence-corrected chi connectivity index (χ4v) is 1.62. The molecule has 0 atom stereocenters. The molecule has 0 fully saturated rings. The Morgan fingerprint density at radius 2 is 2.36 bits per heavy atom. The second-order valence-corrected chi connectivity index (χ2v) is 3.42. The van der Waals surface area contributed by atoms with Gasteiger partial charge in [0.2, 0.25) is 0 Å². The first-order chi connectivity index (χ1) is 6.77. The number of hydrogen-bond acceptors (Lipinski definition) is 3. The lowest BCUT2D eigenvalue weighted by Gasteiger charge is -2.06. The van der Waals surface area contributed by atoms with Crippen LogP contribution in [-0.2, 0) is 6.42 Å². The van der Waals surface area contributed by atoms with Gasteiger partial charge in [0.15, 0.2) is 0 Å². The van der Waals surface area contributed by atoms with Crippen LogP contribution in [0.5, 0.6) is 0 Å². The van der Waals surface area contributed by atoms with Crippen molar-refractivity contribution in [1.82, 2.24) is 4.98 Å². The van der Waals surface area contributed by atoms with Gasteiger partial charge in [0.25, 0.3) is 0 Å². The van der Waals surface area contributed by atoms with Gasteiger partial charge in [0.1, 0.15) is 5.82 Å². The normalized spacial score (nSPS) is 15.1. The Kier molecular flexibility index (Phi) is 2.35. The van der Waals surface area contributed by atoms with E-state index in [9.17, 15) is 4.79 Å². The van der Waals surface area contributed by atoms with Gasteiger partial charge in [0.05, 0.1) is 5.56 Å². The summed E-state index contributed by atoms with van der Waals surface area (Å²) < 4.78 is 0. The Balaban J connectivity index is 2.37. The summed E-state index contributed by atoms with van der Waals surface area (Å²) in [6.07, 6.45) is 4.51. The molecular formula is C10H12N2O2. The molecule has 2 rings (SSSR count). The zero-order chi connectivity index (χ0) is 9.97.